The molecule has 1 aromatic carbocycles. The summed E-state index contributed by atoms with van der Waals surface area (Å²) in [5.74, 6) is 6.96. The Labute approximate surface area is 175 Å². The molecule has 4 nitrogen and oxygen atoms in total. The van der Waals surface area contributed by atoms with E-state index in [4.69, 9.17) is 4.74 Å². The first-order valence-corrected chi connectivity index (χ1v) is 8.56. The van der Waals surface area contributed by atoms with Crippen LogP contribution in [0.25, 0.3) is 0 Å². The van der Waals surface area contributed by atoms with Gasteiger partial charge in [0.1, 0.15) is 0 Å². The highest BCUT2D eigenvalue weighted by molar-refractivity contribution is 14.0. The predicted octanol–water partition coefficient (Wildman–Crippen LogP) is 3.61. The van der Waals surface area contributed by atoms with Gasteiger partial charge in [-0.15, -0.1) is 24.0 Å². The van der Waals surface area contributed by atoms with Crippen LogP contribution >= 0.6 is 24.0 Å². The zero-order valence-corrected chi connectivity index (χ0v) is 17.8. The second kappa shape index (κ2) is 11.4. The Kier molecular flexibility index (Phi) is 9.94. The standard InChI is InChI=1S/C19H24F3N3O.HI/c1-23-18(25(2)11-12-26-14-16-8-9-16)24-10-4-6-15-5-3-7-17(13-15)19(20,21)22;/h3,5,7,13,16H,8-12,14H2,1-2H3,(H,23,24);1H. The zero-order chi connectivity index (χ0) is 19.0. The largest absolute Gasteiger partial charge is 0.416 e. The van der Waals surface area contributed by atoms with Crippen LogP contribution in [-0.2, 0) is 10.9 Å². The molecule has 0 radical (unpaired) electrons. The predicted molar refractivity (Wildman–Crippen MR) is 111 cm³/mol. The molecule has 0 amide bonds. The molecule has 0 saturated heterocycles. The Morgan fingerprint density at radius 2 is 2.11 bits per heavy atom. The molecule has 150 valence electrons. The minimum atomic E-state index is -4.36. The normalized spacial score (nSPS) is 14.0. The van der Waals surface area contributed by atoms with Crippen LogP contribution in [-0.4, -0.2) is 51.3 Å². The molecule has 27 heavy (non-hydrogen) atoms. The average Bonchev–Trinajstić information content (AvgIpc) is 3.42. The Morgan fingerprint density at radius 1 is 1.37 bits per heavy atom. The van der Waals surface area contributed by atoms with Crippen molar-refractivity contribution in [3.8, 4) is 11.8 Å². The average molecular weight is 495 g/mol. The van der Waals surface area contributed by atoms with Crippen LogP contribution in [0.2, 0.25) is 0 Å². The van der Waals surface area contributed by atoms with Gasteiger partial charge in [0.2, 0.25) is 0 Å². The van der Waals surface area contributed by atoms with Crippen molar-refractivity contribution in [3.05, 3.63) is 35.4 Å². The smallest absolute Gasteiger partial charge is 0.379 e. The summed E-state index contributed by atoms with van der Waals surface area (Å²) in [6.45, 7) is 2.44. The van der Waals surface area contributed by atoms with Gasteiger partial charge in [-0.25, -0.2) is 0 Å². The third kappa shape index (κ3) is 8.84. The highest BCUT2D eigenvalue weighted by atomic mass is 127. The number of hydrogen-bond acceptors (Lipinski definition) is 2. The summed E-state index contributed by atoms with van der Waals surface area (Å²) in [6.07, 6.45) is -1.82. The van der Waals surface area contributed by atoms with Gasteiger partial charge in [-0.1, -0.05) is 17.9 Å². The number of benzene rings is 1. The summed E-state index contributed by atoms with van der Waals surface area (Å²) >= 11 is 0. The van der Waals surface area contributed by atoms with Crippen LogP contribution in [0, 0.1) is 17.8 Å². The van der Waals surface area contributed by atoms with E-state index >= 15 is 0 Å². The van der Waals surface area contributed by atoms with Crippen LogP contribution in [0.15, 0.2) is 29.3 Å². The maximum atomic E-state index is 12.7. The fraction of sp³-hybridized carbons (Fsp3) is 0.526. The lowest BCUT2D eigenvalue weighted by Crippen LogP contribution is -2.40. The minimum Gasteiger partial charge on any atom is -0.379 e. The van der Waals surface area contributed by atoms with Crippen LogP contribution in [0.1, 0.15) is 24.0 Å². The molecule has 1 aliphatic rings. The van der Waals surface area contributed by atoms with Crippen molar-refractivity contribution >= 4 is 29.9 Å². The van der Waals surface area contributed by atoms with Gasteiger partial charge in [0.15, 0.2) is 5.96 Å². The number of halogens is 4. The van der Waals surface area contributed by atoms with Gasteiger partial charge >= 0.3 is 6.18 Å². The molecular weight excluding hydrogens is 470 g/mol. The maximum absolute atomic E-state index is 12.7. The maximum Gasteiger partial charge on any atom is 0.416 e. The van der Waals surface area contributed by atoms with E-state index in [2.05, 4.69) is 22.2 Å². The van der Waals surface area contributed by atoms with Gasteiger partial charge in [-0.05, 0) is 37.0 Å². The minimum absolute atomic E-state index is 0. The first-order valence-electron chi connectivity index (χ1n) is 8.56. The van der Waals surface area contributed by atoms with E-state index in [1.807, 2.05) is 11.9 Å². The van der Waals surface area contributed by atoms with Crippen molar-refractivity contribution < 1.29 is 17.9 Å². The quantitative estimate of drug-likeness (QED) is 0.216. The fourth-order valence-electron chi connectivity index (χ4n) is 2.27. The van der Waals surface area contributed by atoms with Crippen LogP contribution in [0.3, 0.4) is 0 Å². The highest BCUT2D eigenvalue weighted by Gasteiger charge is 2.30. The number of likely N-dealkylation sites (N-methyl/N-ethyl adjacent to an activating group) is 1. The molecule has 1 aromatic rings. The van der Waals surface area contributed by atoms with Gasteiger partial charge in [0.25, 0.3) is 0 Å². The lowest BCUT2D eigenvalue weighted by Gasteiger charge is -2.21. The topological polar surface area (TPSA) is 36.9 Å². The molecule has 0 unspecified atom stereocenters. The van der Waals surface area contributed by atoms with Crippen molar-refractivity contribution in [1.29, 1.82) is 0 Å². The van der Waals surface area contributed by atoms with Gasteiger partial charge in [0.05, 0.1) is 18.7 Å². The van der Waals surface area contributed by atoms with Crippen molar-refractivity contribution in [3.63, 3.8) is 0 Å². The Bertz CT molecular complexity index is 679. The molecule has 1 saturated carbocycles. The summed E-state index contributed by atoms with van der Waals surface area (Å²) < 4.78 is 43.6. The molecule has 0 bridgehead atoms. The van der Waals surface area contributed by atoms with E-state index in [-0.39, 0.29) is 30.5 Å². The summed E-state index contributed by atoms with van der Waals surface area (Å²) in [5.41, 5.74) is -0.363. The van der Waals surface area contributed by atoms with E-state index < -0.39 is 11.7 Å². The van der Waals surface area contributed by atoms with Crippen LogP contribution < -0.4 is 5.32 Å². The molecule has 0 atom stereocenters. The zero-order valence-electron chi connectivity index (χ0n) is 15.5. The first-order chi connectivity index (χ1) is 12.4. The molecule has 1 aliphatic carbocycles. The molecule has 0 aliphatic heterocycles. The SMILES string of the molecule is CN=C(NCC#Cc1cccc(C(F)(F)F)c1)N(C)CCOCC1CC1.I. The summed E-state index contributed by atoms with van der Waals surface area (Å²) in [6, 6.07) is 4.99. The van der Waals surface area contributed by atoms with E-state index in [1.54, 1.807) is 13.1 Å². The van der Waals surface area contributed by atoms with Crippen molar-refractivity contribution in [2.75, 3.05) is 40.4 Å². The number of nitrogens with one attached hydrogen (secondary N) is 1. The number of aliphatic imine (C=N–C) groups is 1. The Balaban J connectivity index is 0.00000364. The van der Waals surface area contributed by atoms with Crippen LogP contribution in [0.4, 0.5) is 13.2 Å². The summed E-state index contributed by atoms with van der Waals surface area (Å²) in [5, 5.41) is 3.07. The van der Waals surface area contributed by atoms with Gasteiger partial charge in [-0.2, -0.15) is 13.2 Å². The molecule has 1 N–H and O–H groups in total. The molecule has 0 heterocycles. The number of hydrogen-bond donors (Lipinski definition) is 1. The van der Waals surface area contributed by atoms with Crippen molar-refractivity contribution in [2.24, 2.45) is 10.9 Å². The molecule has 0 spiro atoms. The second-order valence-corrected chi connectivity index (χ2v) is 6.22. The molecule has 8 heteroatoms. The molecule has 0 aromatic heterocycles. The van der Waals surface area contributed by atoms with Crippen LogP contribution in [0.5, 0.6) is 0 Å². The van der Waals surface area contributed by atoms with Gasteiger partial charge < -0.3 is 15.0 Å². The van der Waals surface area contributed by atoms with Gasteiger partial charge in [0, 0.05) is 32.8 Å². The lowest BCUT2D eigenvalue weighted by atomic mass is 10.1. The first kappa shape index (κ1) is 23.6. The molecule has 2 rings (SSSR count). The molecular formula is C19H25F3IN3O. The van der Waals surface area contributed by atoms with Gasteiger partial charge in [-0.3, -0.25) is 4.99 Å². The van der Waals surface area contributed by atoms with E-state index in [9.17, 15) is 13.2 Å². The monoisotopic (exact) mass is 495 g/mol. The van der Waals surface area contributed by atoms with E-state index in [0.29, 0.717) is 24.7 Å². The third-order valence-corrected chi connectivity index (χ3v) is 3.95. The van der Waals surface area contributed by atoms with Crippen molar-refractivity contribution in [1.82, 2.24) is 10.2 Å². The number of ether oxygens (including phenoxy) is 1. The summed E-state index contributed by atoms with van der Waals surface area (Å²) in [7, 11) is 3.57. The highest BCUT2D eigenvalue weighted by Crippen LogP contribution is 2.29. The Hall–Kier alpha value is -1.47. The van der Waals surface area contributed by atoms with E-state index in [1.165, 1.54) is 18.9 Å². The van der Waals surface area contributed by atoms with E-state index in [0.717, 1.165) is 24.7 Å². The number of nitrogens with zero attached hydrogens (tertiary/aromatic N) is 2. The second-order valence-electron chi connectivity index (χ2n) is 6.22. The third-order valence-electron chi connectivity index (χ3n) is 3.95. The number of alkyl halides is 3. The van der Waals surface area contributed by atoms with Crippen molar-refractivity contribution in [2.45, 2.75) is 19.0 Å². The number of guanidine groups is 1. The lowest BCUT2D eigenvalue weighted by molar-refractivity contribution is -0.137. The summed E-state index contributed by atoms with van der Waals surface area (Å²) in [4.78, 5) is 6.09. The fourth-order valence-corrected chi connectivity index (χ4v) is 2.27. The molecule has 1 fully saturated rings. The number of rotatable bonds is 6. The Morgan fingerprint density at radius 3 is 2.74 bits per heavy atom.